The van der Waals surface area contributed by atoms with Gasteiger partial charge in [-0.15, -0.1) is 0 Å². The van der Waals surface area contributed by atoms with Crippen LogP contribution in [-0.2, 0) is 9.47 Å². The summed E-state index contributed by atoms with van der Waals surface area (Å²) in [6.07, 6.45) is 6.05. The molecule has 0 aromatic carbocycles. The van der Waals surface area contributed by atoms with Gasteiger partial charge in [-0.05, 0) is 54.1 Å². The fraction of sp³-hybridized carbons (Fsp3) is 0.579. The predicted octanol–water partition coefficient (Wildman–Crippen LogP) is 2.99. The van der Waals surface area contributed by atoms with Crippen molar-refractivity contribution in [3.05, 3.63) is 32.7 Å². The summed E-state index contributed by atoms with van der Waals surface area (Å²) in [6, 6.07) is 1.82. The Kier molecular flexibility index (Phi) is 9.20. The van der Waals surface area contributed by atoms with Gasteiger partial charge in [0.15, 0.2) is 0 Å². The highest BCUT2D eigenvalue weighted by molar-refractivity contribution is 9.10. The molecule has 7 nitrogen and oxygen atoms in total. The van der Waals surface area contributed by atoms with Crippen molar-refractivity contribution < 1.29 is 14.6 Å². The number of fused-ring (bicyclic) bond motifs is 1. The minimum absolute atomic E-state index is 0.117. The maximum atomic E-state index is 11.5. The summed E-state index contributed by atoms with van der Waals surface area (Å²) in [5, 5.41) is 12.7. The maximum absolute atomic E-state index is 11.5. The summed E-state index contributed by atoms with van der Waals surface area (Å²) in [5.41, 5.74) is 1.58. The first-order valence-corrected chi connectivity index (χ1v) is 10.0. The van der Waals surface area contributed by atoms with Crippen LogP contribution in [0.2, 0.25) is 0 Å². The number of anilines is 1. The average molecular weight is 442 g/mol. The number of hydrogen-bond donors (Lipinski definition) is 3. The second-order valence-electron chi connectivity index (χ2n) is 6.45. The lowest BCUT2D eigenvalue weighted by Crippen LogP contribution is -2.21. The highest BCUT2D eigenvalue weighted by atomic mass is 79.9. The monoisotopic (exact) mass is 441 g/mol. The Morgan fingerprint density at radius 2 is 1.96 bits per heavy atom. The van der Waals surface area contributed by atoms with Gasteiger partial charge in [0.25, 0.3) is 5.56 Å². The van der Waals surface area contributed by atoms with Crippen molar-refractivity contribution in [3.8, 4) is 0 Å². The van der Waals surface area contributed by atoms with Gasteiger partial charge in [0.2, 0.25) is 0 Å². The van der Waals surface area contributed by atoms with Gasteiger partial charge in [-0.2, -0.15) is 0 Å². The molecule has 0 saturated carbocycles. The van der Waals surface area contributed by atoms with Crippen LogP contribution in [0.15, 0.2) is 21.5 Å². The van der Waals surface area contributed by atoms with Crippen molar-refractivity contribution in [1.29, 1.82) is 0 Å². The molecular formula is C19H28BrN3O4. The second kappa shape index (κ2) is 11.4. The van der Waals surface area contributed by atoms with Crippen LogP contribution in [0.4, 0.5) is 5.82 Å². The molecule has 0 amide bonds. The predicted molar refractivity (Wildman–Crippen MR) is 110 cm³/mol. The van der Waals surface area contributed by atoms with Crippen LogP contribution in [-0.4, -0.2) is 54.7 Å². The van der Waals surface area contributed by atoms with Gasteiger partial charge in [-0.25, -0.2) is 4.98 Å². The van der Waals surface area contributed by atoms with Gasteiger partial charge in [0.1, 0.15) is 5.82 Å². The molecule has 0 spiro atoms. The molecular weight excluding hydrogens is 414 g/mol. The van der Waals surface area contributed by atoms with Crippen LogP contribution in [0.5, 0.6) is 0 Å². The quantitative estimate of drug-likeness (QED) is 0.629. The number of nitrogens with one attached hydrogen (secondary N) is 2. The second-order valence-corrected chi connectivity index (χ2v) is 7.24. The smallest absolute Gasteiger partial charge is 0.263 e. The molecule has 1 unspecified atom stereocenters. The normalized spacial score (nSPS) is 18.9. The van der Waals surface area contributed by atoms with Crippen molar-refractivity contribution in [2.24, 2.45) is 0 Å². The molecule has 0 radical (unpaired) electrons. The number of aryl methyl sites for hydroxylation is 1. The van der Waals surface area contributed by atoms with Crippen LogP contribution in [0.3, 0.4) is 0 Å². The van der Waals surface area contributed by atoms with E-state index in [1.807, 2.05) is 13.0 Å². The Bertz CT molecular complexity index is 764. The van der Waals surface area contributed by atoms with Crippen LogP contribution in [0.1, 0.15) is 31.2 Å². The largest absolute Gasteiger partial charge is 0.391 e. The molecule has 2 aliphatic heterocycles. The topological polar surface area (TPSA) is 96.5 Å². The lowest BCUT2D eigenvalue weighted by molar-refractivity contribution is -0.00535. The van der Waals surface area contributed by atoms with Gasteiger partial charge < -0.3 is 24.9 Å². The molecule has 3 N–H and O–H groups in total. The molecule has 2 aromatic heterocycles. The van der Waals surface area contributed by atoms with Crippen LogP contribution in [0, 0.1) is 6.92 Å². The van der Waals surface area contributed by atoms with Crippen LogP contribution in [0.25, 0.3) is 10.9 Å². The molecule has 27 heavy (non-hydrogen) atoms. The highest BCUT2D eigenvalue weighted by Crippen LogP contribution is 2.21. The molecule has 1 atom stereocenters. The van der Waals surface area contributed by atoms with E-state index < -0.39 is 0 Å². The van der Waals surface area contributed by atoms with E-state index in [4.69, 9.17) is 14.6 Å². The van der Waals surface area contributed by atoms with Gasteiger partial charge in [0, 0.05) is 44.5 Å². The fourth-order valence-electron chi connectivity index (χ4n) is 2.69. The maximum Gasteiger partial charge on any atom is 0.263 e. The van der Waals surface area contributed by atoms with Crippen molar-refractivity contribution >= 4 is 32.7 Å². The van der Waals surface area contributed by atoms with Crippen molar-refractivity contribution in [1.82, 2.24) is 9.97 Å². The van der Waals surface area contributed by atoms with Crippen molar-refractivity contribution in [2.75, 3.05) is 38.8 Å². The lowest BCUT2D eigenvalue weighted by atomic mass is 10.2. The molecule has 2 fully saturated rings. The zero-order chi connectivity index (χ0) is 19.6. The molecule has 0 aliphatic carbocycles. The number of ether oxygens (including phenoxy) is 2. The standard InChI is InChI=1S/C10H10BrN3O.C5H10O2.C4H8O/c1-5-6-4-13-8(12-2)3-7(6)14-10(15)9(5)11;6-5-2-1-3-7-4-5;1-2-4-5-3-1/h3-4H,1-2H3,(H,12,13)(H,14,15);5-6H,1-4H2;1-4H2. The van der Waals surface area contributed by atoms with Crippen LogP contribution < -0.4 is 10.9 Å². The molecule has 2 aromatic rings. The van der Waals surface area contributed by atoms with E-state index in [0.29, 0.717) is 11.1 Å². The number of rotatable bonds is 1. The number of nitrogens with zero attached hydrogens (tertiary/aromatic N) is 1. The summed E-state index contributed by atoms with van der Waals surface area (Å²) in [7, 11) is 1.79. The van der Waals surface area contributed by atoms with E-state index in [1.54, 1.807) is 13.2 Å². The summed E-state index contributed by atoms with van der Waals surface area (Å²) in [4.78, 5) is 18.5. The number of pyridine rings is 2. The minimum atomic E-state index is -0.186. The first-order valence-electron chi connectivity index (χ1n) is 9.22. The third-order valence-electron chi connectivity index (χ3n) is 4.30. The van der Waals surface area contributed by atoms with E-state index in [9.17, 15) is 4.79 Å². The van der Waals surface area contributed by atoms with E-state index in [0.717, 1.165) is 54.9 Å². The highest BCUT2D eigenvalue weighted by Gasteiger charge is 2.08. The first kappa shape index (κ1) is 21.8. The van der Waals surface area contributed by atoms with Gasteiger partial charge in [0.05, 0.1) is 22.7 Å². The summed E-state index contributed by atoms with van der Waals surface area (Å²) < 4.78 is 10.4. The molecule has 4 heterocycles. The van der Waals surface area contributed by atoms with Gasteiger partial charge in [-0.3, -0.25) is 4.79 Å². The summed E-state index contributed by atoms with van der Waals surface area (Å²) >= 11 is 3.25. The zero-order valence-corrected chi connectivity index (χ0v) is 17.5. The number of aliphatic hydroxyl groups excluding tert-OH is 1. The third-order valence-corrected chi connectivity index (χ3v) is 5.26. The van der Waals surface area contributed by atoms with Crippen molar-refractivity contribution in [3.63, 3.8) is 0 Å². The molecule has 4 rings (SSSR count). The number of aromatic amines is 1. The van der Waals surface area contributed by atoms with Crippen molar-refractivity contribution in [2.45, 2.75) is 38.7 Å². The molecule has 0 bridgehead atoms. The first-order chi connectivity index (χ1) is 13.0. The van der Waals surface area contributed by atoms with E-state index in [1.165, 1.54) is 12.8 Å². The lowest BCUT2D eigenvalue weighted by Gasteiger charge is -2.15. The van der Waals surface area contributed by atoms with Crippen LogP contribution >= 0.6 is 15.9 Å². The Hall–Kier alpha value is -1.48. The number of aromatic nitrogens is 2. The minimum Gasteiger partial charge on any atom is -0.391 e. The van der Waals surface area contributed by atoms with E-state index in [2.05, 4.69) is 31.2 Å². The van der Waals surface area contributed by atoms with E-state index >= 15 is 0 Å². The third kappa shape index (κ3) is 6.88. The Balaban J connectivity index is 0.000000178. The summed E-state index contributed by atoms with van der Waals surface area (Å²) in [5.74, 6) is 0.736. The van der Waals surface area contributed by atoms with Gasteiger partial charge in [-0.1, -0.05) is 0 Å². The average Bonchev–Trinajstić information content (AvgIpc) is 3.27. The molecule has 8 heteroatoms. The molecule has 150 valence electrons. The zero-order valence-electron chi connectivity index (χ0n) is 15.9. The number of halogens is 1. The SMILES string of the molecule is C1CCOC1.CNc1cc2[nH]c(=O)c(Br)c(C)c2cn1.OC1CCCOC1. The number of H-pyrrole nitrogens is 1. The van der Waals surface area contributed by atoms with E-state index in [-0.39, 0.29) is 11.7 Å². The molecule has 2 saturated heterocycles. The van der Waals surface area contributed by atoms with Gasteiger partial charge >= 0.3 is 0 Å². The number of aliphatic hydroxyl groups is 1. The Morgan fingerprint density at radius 3 is 2.44 bits per heavy atom. The fourth-order valence-corrected chi connectivity index (χ4v) is 3.01. The Labute approximate surface area is 167 Å². The number of hydrogen-bond acceptors (Lipinski definition) is 6. The summed E-state index contributed by atoms with van der Waals surface area (Å²) in [6.45, 7) is 5.26. The molecule has 2 aliphatic rings. The Morgan fingerprint density at radius 1 is 1.26 bits per heavy atom.